The van der Waals surface area contributed by atoms with Crippen LogP contribution in [0, 0.1) is 0 Å². The fraction of sp³-hybridized carbons (Fsp3) is 0.217. The van der Waals surface area contributed by atoms with Crippen LogP contribution in [-0.4, -0.2) is 51.9 Å². The smallest absolute Gasteiger partial charge is 0.254 e. The van der Waals surface area contributed by atoms with Crippen molar-refractivity contribution in [3.8, 4) is 0 Å². The number of aromatic nitrogens is 3. The van der Waals surface area contributed by atoms with Gasteiger partial charge in [-0.05, 0) is 23.8 Å². The van der Waals surface area contributed by atoms with Crippen molar-refractivity contribution in [2.45, 2.75) is 6.42 Å². The highest BCUT2D eigenvalue weighted by molar-refractivity contribution is 5.97. The van der Waals surface area contributed by atoms with Crippen molar-refractivity contribution in [2.75, 3.05) is 31.1 Å². The molecular weight excluding hydrogens is 378 g/mol. The van der Waals surface area contributed by atoms with Crippen LogP contribution in [0.2, 0.25) is 0 Å². The first-order chi connectivity index (χ1) is 14.8. The van der Waals surface area contributed by atoms with E-state index in [2.05, 4.69) is 19.9 Å². The summed E-state index contributed by atoms with van der Waals surface area (Å²) in [6, 6.07) is 15.6. The minimum Gasteiger partial charge on any atom is -0.440 e. The lowest BCUT2D eigenvalue weighted by Crippen LogP contribution is -2.49. The van der Waals surface area contributed by atoms with Gasteiger partial charge in [-0.1, -0.05) is 30.3 Å². The summed E-state index contributed by atoms with van der Waals surface area (Å²) >= 11 is 0. The van der Waals surface area contributed by atoms with E-state index in [-0.39, 0.29) is 5.91 Å². The molecule has 1 amide bonds. The third-order valence-corrected chi connectivity index (χ3v) is 5.32. The summed E-state index contributed by atoms with van der Waals surface area (Å²) in [5.41, 5.74) is 3.19. The highest BCUT2D eigenvalue weighted by atomic mass is 16.3. The minimum atomic E-state index is 0.0169. The molecule has 0 bridgehead atoms. The molecule has 2 aromatic carbocycles. The number of oxazole rings is 1. The molecule has 0 atom stereocenters. The molecule has 5 rings (SSSR count). The van der Waals surface area contributed by atoms with E-state index in [0.717, 1.165) is 24.5 Å². The summed E-state index contributed by atoms with van der Waals surface area (Å²) < 4.78 is 5.86. The maximum absolute atomic E-state index is 13.0. The number of anilines is 1. The zero-order valence-corrected chi connectivity index (χ0v) is 16.4. The molecule has 0 saturated carbocycles. The number of amides is 1. The fourth-order valence-electron chi connectivity index (χ4n) is 3.73. The van der Waals surface area contributed by atoms with Gasteiger partial charge in [-0.3, -0.25) is 9.78 Å². The highest BCUT2D eigenvalue weighted by Crippen LogP contribution is 2.21. The Balaban J connectivity index is 1.28. The zero-order valence-electron chi connectivity index (χ0n) is 16.4. The van der Waals surface area contributed by atoms with Gasteiger partial charge in [0.15, 0.2) is 11.5 Å². The molecule has 0 radical (unpaired) electrons. The van der Waals surface area contributed by atoms with Gasteiger partial charge in [0, 0.05) is 50.6 Å². The summed E-state index contributed by atoms with van der Waals surface area (Å²) in [6.45, 7) is 2.76. The number of nitrogens with zero attached hydrogens (tertiary/aromatic N) is 5. The van der Waals surface area contributed by atoms with Crippen LogP contribution in [-0.2, 0) is 6.42 Å². The summed E-state index contributed by atoms with van der Waals surface area (Å²) in [5.74, 6) is 1.52. The number of hydrogen-bond acceptors (Lipinski definition) is 6. The molecule has 7 nitrogen and oxygen atoms in total. The second-order valence-electron chi connectivity index (χ2n) is 7.30. The van der Waals surface area contributed by atoms with Gasteiger partial charge < -0.3 is 14.2 Å². The fourth-order valence-corrected chi connectivity index (χ4v) is 3.73. The predicted molar refractivity (Wildman–Crippen MR) is 113 cm³/mol. The predicted octanol–water partition coefficient (Wildman–Crippen LogP) is 3.17. The van der Waals surface area contributed by atoms with E-state index in [9.17, 15) is 4.79 Å². The lowest BCUT2D eigenvalue weighted by molar-refractivity contribution is 0.0746. The molecule has 30 heavy (non-hydrogen) atoms. The molecule has 0 N–H and O–H groups in total. The van der Waals surface area contributed by atoms with Gasteiger partial charge in [-0.15, -0.1) is 0 Å². The standard InChI is InChI=1S/C23H21N5O2/c29-23(28-12-10-27(11-13-28)21-16-24-8-9-25-21)18-6-7-20-19(15-18)26-22(30-20)14-17-4-2-1-3-5-17/h1-9,15-16H,10-14H2. The van der Waals surface area contributed by atoms with E-state index in [1.54, 1.807) is 18.6 Å². The van der Waals surface area contributed by atoms with Crippen molar-refractivity contribution < 1.29 is 9.21 Å². The SMILES string of the molecule is O=C(c1ccc2oc(Cc3ccccc3)nc2c1)N1CCN(c2cnccn2)CC1. The van der Waals surface area contributed by atoms with E-state index in [4.69, 9.17) is 4.42 Å². The van der Waals surface area contributed by atoms with Crippen LogP contribution < -0.4 is 4.90 Å². The van der Waals surface area contributed by atoms with Crippen LogP contribution in [0.4, 0.5) is 5.82 Å². The molecular formula is C23H21N5O2. The van der Waals surface area contributed by atoms with Gasteiger partial charge in [0.25, 0.3) is 5.91 Å². The maximum atomic E-state index is 13.0. The van der Waals surface area contributed by atoms with Crippen molar-refractivity contribution in [2.24, 2.45) is 0 Å². The number of carbonyl (C=O) groups is 1. The second kappa shape index (κ2) is 7.94. The summed E-state index contributed by atoms with van der Waals surface area (Å²) in [6.07, 6.45) is 5.73. The molecule has 4 aromatic rings. The third-order valence-electron chi connectivity index (χ3n) is 5.32. The van der Waals surface area contributed by atoms with Crippen LogP contribution in [0.3, 0.4) is 0 Å². The Hall–Kier alpha value is -3.74. The van der Waals surface area contributed by atoms with Gasteiger partial charge in [0.1, 0.15) is 11.3 Å². The first-order valence-electron chi connectivity index (χ1n) is 10.00. The molecule has 0 spiro atoms. The third kappa shape index (κ3) is 3.74. The molecule has 0 unspecified atom stereocenters. The van der Waals surface area contributed by atoms with Crippen LogP contribution in [0.5, 0.6) is 0 Å². The Morgan fingerprint density at radius 3 is 2.60 bits per heavy atom. The van der Waals surface area contributed by atoms with Gasteiger partial charge in [0.05, 0.1) is 6.20 Å². The minimum absolute atomic E-state index is 0.0169. The summed E-state index contributed by atoms with van der Waals surface area (Å²) in [7, 11) is 0. The number of fused-ring (bicyclic) bond motifs is 1. The number of carbonyl (C=O) groups excluding carboxylic acids is 1. The monoisotopic (exact) mass is 399 g/mol. The first-order valence-corrected chi connectivity index (χ1v) is 10.00. The molecule has 1 aliphatic heterocycles. The van der Waals surface area contributed by atoms with Gasteiger partial charge in [-0.25, -0.2) is 9.97 Å². The van der Waals surface area contributed by atoms with Crippen molar-refractivity contribution >= 4 is 22.8 Å². The topological polar surface area (TPSA) is 75.4 Å². The number of piperazine rings is 1. The van der Waals surface area contributed by atoms with Crippen molar-refractivity contribution in [3.63, 3.8) is 0 Å². The first kappa shape index (κ1) is 18.3. The second-order valence-corrected chi connectivity index (χ2v) is 7.30. The van der Waals surface area contributed by atoms with E-state index in [1.807, 2.05) is 53.4 Å². The number of hydrogen-bond donors (Lipinski definition) is 0. The Morgan fingerprint density at radius 1 is 1.00 bits per heavy atom. The molecule has 3 heterocycles. The molecule has 7 heteroatoms. The quantitative estimate of drug-likeness (QED) is 0.525. The van der Waals surface area contributed by atoms with Crippen molar-refractivity contribution in [1.29, 1.82) is 0 Å². The van der Waals surface area contributed by atoms with Crippen molar-refractivity contribution in [3.05, 3.63) is 84.1 Å². The average molecular weight is 399 g/mol. The lowest BCUT2D eigenvalue weighted by atomic mass is 10.1. The van der Waals surface area contributed by atoms with Crippen LogP contribution in [0.15, 0.2) is 71.5 Å². The summed E-state index contributed by atoms with van der Waals surface area (Å²) in [5, 5.41) is 0. The van der Waals surface area contributed by atoms with E-state index in [1.165, 1.54) is 0 Å². The Bertz CT molecular complexity index is 1150. The molecule has 150 valence electrons. The molecule has 1 fully saturated rings. The van der Waals surface area contributed by atoms with Crippen molar-refractivity contribution in [1.82, 2.24) is 19.9 Å². The van der Waals surface area contributed by atoms with Gasteiger partial charge >= 0.3 is 0 Å². The number of rotatable bonds is 4. The molecule has 0 aliphatic carbocycles. The zero-order chi connectivity index (χ0) is 20.3. The van der Waals surface area contributed by atoms with Crippen LogP contribution in [0.25, 0.3) is 11.1 Å². The Labute approximate surface area is 174 Å². The number of benzene rings is 2. The molecule has 1 saturated heterocycles. The molecule has 1 aliphatic rings. The average Bonchev–Trinajstić information content (AvgIpc) is 3.21. The van der Waals surface area contributed by atoms with Gasteiger partial charge in [0.2, 0.25) is 0 Å². The largest absolute Gasteiger partial charge is 0.440 e. The van der Waals surface area contributed by atoms with Crippen LogP contribution >= 0.6 is 0 Å². The Morgan fingerprint density at radius 2 is 1.83 bits per heavy atom. The van der Waals surface area contributed by atoms with Gasteiger partial charge in [-0.2, -0.15) is 0 Å². The van der Waals surface area contributed by atoms with Crippen LogP contribution in [0.1, 0.15) is 21.8 Å². The normalized spacial score (nSPS) is 14.3. The Kier molecular flexibility index (Phi) is 4.85. The van der Waals surface area contributed by atoms with E-state index in [0.29, 0.717) is 42.1 Å². The highest BCUT2D eigenvalue weighted by Gasteiger charge is 2.23. The maximum Gasteiger partial charge on any atom is 0.254 e. The summed E-state index contributed by atoms with van der Waals surface area (Å²) in [4.78, 5) is 30.1. The van der Waals surface area contributed by atoms with E-state index >= 15 is 0 Å². The van der Waals surface area contributed by atoms with E-state index < -0.39 is 0 Å². The molecule has 2 aromatic heterocycles. The lowest BCUT2D eigenvalue weighted by Gasteiger charge is -2.35.